The maximum atomic E-state index is 13.7. The molecule has 2 saturated heterocycles. The molecular weight excluding hydrogens is 402 g/mol. The molecule has 6 nitrogen and oxygen atoms in total. The van der Waals surface area contributed by atoms with Crippen LogP contribution in [0.15, 0.2) is 12.2 Å². The average molecular weight is 432 g/mol. The quantitative estimate of drug-likeness (QED) is 0.543. The van der Waals surface area contributed by atoms with Gasteiger partial charge in [0.15, 0.2) is 5.78 Å². The third-order valence-electron chi connectivity index (χ3n) is 9.26. The Kier molecular flexibility index (Phi) is 3.54. The number of thiazole rings is 1. The summed E-state index contributed by atoms with van der Waals surface area (Å²) in [4.78, 5) is 19.8. The summed E-state index contributed by atoms with van der Waals surface area (Å²) in [5.41, 5.74) is -0.922. The molecule has 1 aromatic rings. The summed E-state index contributed by atoms with van der Waals surface area (Å²) >= 11 is 1.67. The molecule has 8 atom stereocenters. The molecule has 4 bridgehead atoms. The molecule has 3 saturated carbocycles. The molecule has 5 fully saturated rings. The number of aryl methyl sites for hydroxylation is 1. The lowest BCUT2D eigenvalue weighted by Crippen LogP contribution is -2.87. The minimum Gasteiger partial charge on any atom is -0.391 e. The SMILES string of the molecule is C=C1CC(=O)[C@]23[C@H](O)[C@H]1CC[C@H]2[C@@]12CO[C@]3(O)[C@@H](O)[C@@H]1C(C)(C)Cc1sc(C)nc12. The van der Waals surface area contributed by atoms with E-state index < -0.39 is 28.8 Å². The lowest BCUT2D eigenvalue weighted by atomic mass is 9.33. The number of Topliss-reactive ketones (excluding diaryl/α,β-unsaturated/α-hetero) is 1. The first-order valence-corrected chi connectivity index (χ1v) is 11.7. The van der Waals surface area contributed by atoms with E-state index in [0.29, 0.717) is 6.42 Å². The van der Waals surface area contributed by atoms with Crippen molar-refractivity contribution in [1.29, 1.82) is 0 Å². The van der Waals surface area contributed by atoms with E-state index in [4.69, 9.17) is 9.72 Å². The summed E-state index contributed by atoms with van der Waals surface area (Å²) in [5.74, 6) is -3.25. The number of ether oxygens (including phenoxy) is 1. The van der Waals surface area contributed by atoms with E-state index in [1.165, 1.54) is 4.88 Å². The molecule has 0 unspecified atom stereocenters. The van der Waals surface area contributed by atoms with Gasteiger partial charge in [0.25, 0.3) is 0 Å². The Morgan fingerprint density at radius 3 is 2.70 bits per heavy atom. The summed E-state index contributed by atoms with van der Waals surface area (Å²) in [5, 5.41) is 36.1. The van der Waals surface area contributed by atoms with E-state index in [0.717, 1.165) is 29.1 Å². The van der Waals surface area contributed by atoms with E-state index in [9.17, 15) is 20.1 Å². The molecule has 4 aliphatic carbocycles. The van der Waals surface area contributed by atoms with Gasteiger partial charge in [-0.1, -0.05) is 26.0 Å². The van der Waals surface area contributed by atoms with Crippen molar-refractivity contribution in [3.05, 3.63) is 27.7 Å². The van der Waals surface area contributed by atoms with Gasteiger partial charge in [-0.05, 0) is 37.5 Å². The molecule has 162 valence electrons. The number of nitrogens with zero attached hydrogens (tertiary/aromatic N) is 1. The largest absolute Gasteiger partial charge is 0.391 e. The molecule has 7 heteroatoms. The number of ketones is 1. The fraction of sp³-hybridized carbons (Fsp3) is 0.739. The molecule has 1 aromatic heterocycles. The van der Waals surface area contributed by atoms with Gasteiger partial charge in [-0.15, -0.1) is 11.3 Å². The van der Waals surface area contributed by atoms with Crippen molar-refractivity contribution in [3.8, 4) is 0 Å². The van der Waals surface area contributed by atoms with Gasteiger partial charge in [-0.3, -0.25) is 4.79 Å². The zero-order chi connectivity index (χ0) is 21.4. The smallest absolute Gasteiger partial charge is 0.208 e. The Labute approximate surface area is 180 Å². The Hall–Kier alpha value is -1.12. The minimum absolute atomic E-state index is 0.115. The van der Waals surface area contributed by atoms with Crippen LogP contribution in [0.25, 0.3) is 0 Å². The van der Waals surface area contributed by atoms with Crippen molar-refractivity contribution >= 4 is 17.1 Å². The molecule has 3 heterocycles. The highest BCUT2D eigenvalue weighted by atomic mass is 32.1. The molecule has 2 spiro atoms. The lowest BCUT2D eigenvalue weighted by Gasteiger charge is -2.75. The summed E-state index contributed by atoms with van der Waals surface area (Å²) in [6.07, 6.45) is -0.119. The van der Waals surface area contributed by atoms with Crippen LogP contribution in [0.3, 0.4) is 0 Å². The molecule has 3 N–H and O–H groups in total. The van der Waals surface area contributed by atoms with E-state index in [1.54, 1.807) is 11.3 Å². The molecule has 0 amide bonds. The predicted molar refractivity (Wildman–Crippen MR) is 110 cm³/mol. The second-order valence-corrected chi connectivity index (χ2v) is 12.2. The van der Waals surface area contributed by atoms with Gasteiger partial charge in [0.2, 0.25) is 5.79 Å². The average Bonchev–Trinajstić information content (AvgIpc) is 3.01. The maximum Gasteiger partial charge on any atom is 0.208 e. The standard InChI is InChI=1S/C23H29NO5S/c1-10-7-15(25)22-14(6-5-12(10)18(22)26)21-9-29-23(22,28)19(27)16(21)20(3,4)8-13-17(21)24-11(2)30-13/h12,14,16,18-19,26-28H,1,5-9H2,2-4H3/t12-,14-,16+,18+,19-,21-,22-,23+/m0/s1. The fourth-order valence-electron chi connectivity index (χ4n) is 8.43. The molecule has 7 rings (SSSR count). The van der Waals surface area contributed by atoms with E-state index in [1.807, 2.05) is 6.92 Å². The summed E-state index contributed by atoms with van der Waals surface area (Å²) in [6.45, 7) is 10.5. The number of hydrogen-bond acceptors (Lipinski definition) is 7. The number of aliphatic hydroxyl groups is 3. The van der Waals surface area contributed by atoms with Gasteiger partial charge in [0, 0.05) is 28.5 Å². The van der Waals surface area contributed by atoms with Crippen LogP contribution in [0.1, 0.15) is 48.7 Å². The topological polar surface area (TPSA) is 99.9 Å². The van der Waals surface area contributed by atoms with Gasteiger partial charge >= 0.3 is 0 Å². The van der Waals surface area contributed by atoms with Gasteiger partial charge in [0.05, 0.1) is 23.4 Å². The molecule has 6 aliphatic rings. The van der Waals surface area contributed by atoms with Crippen LogP contribution < -0.4 is 0 Å². The molecule has 2 aliphatic heterocycles. The third-order valence-corrected chi connectivity index (χ3v) is 10.2. The van der Waals surface area contributed by atoms with Crippen molar-refractivity contribution in [2.24, 2.45) is 28.6 Å². The number of fused-ring (bicyclic) bond motifs is 3. The van der Waals surface area contributed by atoms with E-state index in [-0.39, 0.29) is 42.0 Å². The monoisotopic (exact) mass is 431 g/mol. The van der Waals surface area contributed by atoms with Crippen LogP contribution in [-0.2, 0) is 21.4 Å². The lowest BCUT2D eigenvalue weighted by molar-refractivity contribution is -0.435. The highest BCUT2D eigenvalue weighted by molar-refractivity contribution is 7.11. The molecule has 0 radical (unpaired) electrons. The van der Waals surface area contributed by atoms with Crippen LogP contribution in [0.4, 0.5) is 0 Å². The zero-order valence-corrected chi connectivity index (χ0v) is 18.5. The highest BCUT2D eigenvalue weighted by Gasteiger charge is 2.85. The molecule has 0 aromatic carbocycles. The maximum absolute atomic E-state index is 13.7. The second kappa shape index (κ2) is 5.44. The van der Waals surface area contributed by atoms with Crippen molar-refractivity contribution < 1.29 is 24.9 Å². The van der Waals surface area contributed by atoms with Gasteiger partial charge in [-0.2, -0.15) is 0 Å². The normalized spacial score (nSPS) is 50.7. The van der Waals surface area contributed by atoms with Crippen LogP contribution in [0.2, 0.25) is 0 Å². The number of carbonyl (C=O) groups excluding carboxylic acids is 1. The van der Waals surface area contributed by atoms with Crippen LogP contribution in [0, 0.1) is 35.5 Å². The fourth-order valence-corrected chi connectivity index (χ4v) is 9.70. The predicted octanol–water partition coefficient (Wildman–Crippen LogP) is 1.88. The second-order valence-electron chi connectivity index (χ2n) is 10.9. The van der Waals surface area contributed by atoms with Crippen LogP contribution >= 0.6 is 11.3 Å². The minimum atomic E-state index is -2.10. The zero-order valence-electron chi connectivity index (χ0n) is 17.6. The van der Waals surface area contributed by atoms with Gasteiger partial charge in [0.1, 0.15) is 11.5 Å². The van der Waals surface area contributed by atoms with Gasteiger partial charge < -0.3 is 20.1 Å². The first kappa shape index (κ1) is 19.6. The Morgan fingerprint density at radius 1 is 1.23 bits per heavy atom. The van der Waals surface area contributed by atoms with Gasteiger partial charge in [-0.25, -0.2) is 4.98 Å². The number of carbonyl (C=O) groups is 1. The number of aromatic nitrogens is 1. The van der Waals surface area contributed by atoms with E-state index in [2.05, 4.69) is 20.4 Å². The highest BCUT2D eigenvalue weighted by Crippen LogP contribution is 2.74. The van der Waals surface area contributed by atoms with Crippen LogP contribution in [0.5, 0.6) is 0 Å². The number of rotatable bonds is 0. The third kappa shape index (κ3) is 1.77. The van der Waals surface area contributed by atoms with E-state index >= 15 is 0 Å². The number of hydrogen-bond donors (Lipinski definition) is 3. The van der Waals surface area contributed by atoms with Crippen molar-refractivity contribution in [2.45, 2.75) is 69.9 Å². The first-order chi connectivity index (χ1) is 14.0. The van der Waals surface area contributed by atoms with Crippen molar-refractivity contribution in [2.75, 3.05) is 6.61 Å². The van der Waals surface area contributed by atoms with Crippen molar-refractivity contribution in [3.63, 3.8) is 0 Å². The summed E-state index contributed by atoms with van der Waals surface area (Å²) in [7, 11) is 0. The van der Waals surface area contributed by atoms with Crippen molar-refractivity contribution in [1.82, 2.24) is 4.98 Å². The number of aliphatic hydroxyl groups excluding tert-OH is 2. The Bertz CT molecular complexity index is 1000. The Balaban J connectivity index is 1.69. The van der Waals surface area contributed by atoms with Crippen LogP contribution in [-0.4, -0.2) is 50.7 Å². The molecular formula is C23H29NO5S. The first-order valence-electron chi connectivity index (χ1n) is 10.9. The summed E-state index contributed by atoms with van der Waals surface area (Å²) < 4.78 is 6.08. The Morgan fingerprint density at radius 2 is 1.97 bits per heavy atom. The molecule has 30 heavy (non-hydrogen) atoms. The summed E-state index contributed by atoms with van der Waals surface area (Å²) in [6, 6.07) is 0.